The standard InChI is InChI=1S/C28H28FN5O3S/c29-18-15-23-25(31-16-18)33(21-10-13-38-14-11-21)28(37)34(27(23)36)20-8-6-19(7-9-20)32-26(35)22-5-1-3-17-4-2-12-30-24(17)22/h1-5,12,15-16,19-21H,6-11,13-14H2,(H,32,35). The van der Waals surface area contributed by atoms with Gasteiger partial charge in [-0.05, 0) is 68.2 Å². The van der Waals surface area contributed by atoms with Crippen molar-refractivity contribution in [1.82, 2.24) is 24.4 Å². The Morgan fingerprint density at radius 1 is 0.947 bits per heavy atom. The summed E-state index contributed by atoms with van der Waals surface area (Å²) in [6.45, 7) is 0. The van der Waals surface area contributed by atoms with Crippen LogP contribution in [0.5, 0.6) is 0 Å². The SMILES string of the molecule is O=C(NC1CCC(n2c(=O)c3cc(F)cnc3n(C3CCSCC3)c2=O)CC1)c1cccc2cccnc12. The van der Waals surface area contributed by atoms with Crippen LogP contribution in [0.2, 0.25) is 0 Å². The molecule has 6 rings (SSSR count). The Kier molecular flexibility index (Phi) is 6.73. The third-order valence-corrected chi connectivity index (χ3v) is 8.80. The quantitative estimate of drug-likeness (QED) is 0.422. The van der Waals surface area contributed by atoms with E-state index in [1.54, 1.807) is 16.8 Å². The van der Waals surface area contributed by atoms with Gasteiger partial charge in [0.05, 0.1) is 22.7 Å². The van der Waals surface area contributed by atoms with Gasteiger partial charge < -0.3 is 5.32 Å². The highest BCUT2D eigenvalue weighted by Gasteiger charge is 2.30. The molecule has 2 aliphatic rings. The summed E-state index contributed by atoms with van der Waals surface area (Å²) in [6.07, 6.45) is 6.72. The number of hydrogen-bond donors (Lipinski definition) is 1. The summed E-state index contributed by atoms with van der Waals surface area (Å²) >= 11 is 1.84. The second-order valence-electron chi connectivity index (χ2n) is 10.1. The molecule has 0 atom stereocenters. The zero-order valence-corrected chi connectivity index (χ0v) is 21.6. The fourth-order valence-corrected chi connectivity index (χ4v) is 6.91. The Hall–Kier alpha value is -3.53. The molecule has 0 unspecified atom stereocenters. The van der Waals surface area contributed by atoms with Gasteiger partial charge in [0.1, 0.15) is 11.5 Å². The number of carbonyl (C=O) groups excluding carboxylic acids is 1. The Morgan fingerprint density at radius 2 is 1.68 bits per heavy atom. The lowest BCUT2D eigenvalue weighted by Crippen LogP contribution is -2.46. The number of pyridine rings is 2. The molecule has 0 bridgehead atoms. The van der Waals surface area contributed by atoms with E-state index in [1.165, 1.54) is 10.6 Å². The van der Waals surface area contributed by atoms with Crippen LogP contribution in [0.15, 0.2) is 58.4 Å². The number of thioether (sulfide) groups is 1. The molecule has 1 saturated heterocycles. The number of nitrogens with zero attached hydrogens (tertiary/aromatic N) is 4. The molecule has 38 heavy (non-hydrogen) atoms. The zero-order chi connectivity index (χ0) is 26.2. The van der Waals surface area contributed by atoms with Crippen molar-refractivity contribution < 1.29 is 9.18 Å². The number of benzene rings is 1. The Labute approximate surface area is 222 Å². The van der Waals surface area contributed by atoms with Crippen LogP contribution in [0.4, 0.5) is 4.39 Å². The van der Waals surface area contributed by atoms with Gasteiger partial charge in [-0.25, -0.2) is 14.2 Å². The number of nitrogens with one attached hydrogen (secondary N) is 1. The number of halogens is 1. The fourth-order valence-electron chi connectivity index (χ4n) is 5.83. The van der Waals surface area contributed by atoms with E-state index in [9.17, 15) is 18.8 Å². The van der Waals surface area contributed by atoms with Crippen molar-refractivity contribution in [3.63, 3.8) is 0 Å². The molecular formula is C28H28FN5O3S. The van der Waals surface area contributed by atoms with Gasteiger partial charge in [-0.3, -0.25) is 23.7 Å². The summed E-state index contributed by atoms with van der Waals surface area (Å²) in [5.41, 5.74) is 0.588. The monoisotopic (exact) mass is 533 g/mol. The first-order valence-corrected chi connectivity index (χ1v) is 14.2. The van der Waals surface area contributed by atoms with Crippen molar-refractivity contribution in [3.05, 3.63) is 81.0 Å². The zero-order valence-electron chi connectivity index (χ0n) is 20.8. The van der Waals surface area contributed by atoms with Crippen LogP contribution in [0.25, 0.3) is 21.9 Å². The molecule has 0 spiro atoms. The number of fused-ring (bicyclic) bond motifs is 2. The van der Waals surface area contributed by atoms with Crippen LogP contribution in [0.3, 0.4) is 0 Å². The molecular weight excluding hydrogens is 505 g/mol. The highest BCUT2D eigenvalue weighted by Crippen LogP contribution is 2.30. The Bertz CT molecular complexity index is 1630. The van der Waals surface area contributed by atoms with Gasteiger partial charge in [0.15, 0.2) is 0 Å². The highest BCUT2D eigenvalue weighted by molar-refractivity contribution is 7.99. The topological polar surface area (TPSA) is 98.9 Å². The minimum absolute atomic E-state index is 0.0685. The normalized spacial score (nSPS) is 20.6. The first-order chi connectivity index (χ1) is 18.5. The van der Waals surface area contributed by atoms with Crippen LogP contribution in [-0.4, -0.2) is 42.6 Å². The van der Waals surface area contributed by atoms with Crippen molar-refractivity contribution in [1.29, 1.82) is 0 Å². The van der Waals surface area contributed by atoms with Gasteiger partial charge in [-0.2, -0.15) is 11.8 Å². The van der Waals surface area contributed by atoms with Gasteiger partial charge >= 0.3 is 5.69 Å². The van der Waals surface area contributed by atoms with E-state index in [0.717, 1.165) is 35.9 Å². The summed E-state index contributed by atoms with van der Waals surface area (Å²) in [5.74, 6) is 1.07. The van der Waals surface area contributed by atoms with E-state index < -0.39 is 11.4 Å². The molecule has 2 fully saturated rings. The number of amides is 1. The largest absolute Gasteiger partial charge is 0.349 e. The molecule has 4 heterocycles. The number of para-hydroxylation sites is 1. The maximum absolute atomic E-state index is 14.1. The third kappa shape index (κ3) is 4.51. The number of carbonyl (C=O) groups is 1. The summed E-state index contributed by atoms with van der Waals surface area (Å²) in [4.78, 5) is 48.9. The minimum atomic E-state index is -0.597. The van der Waals surface area contributed by atoms with Crippen molar-refractivity contribution in [2.75, 3.05) is 11.5 Å². The molecule has 1 aliphatic heterocycles. The van der Waals surface area contributed by atoms with E-state index in [0.29, 0.717) is 36.8 Å². The maximum Gasteiger partial charge on any atom is 0.333 e. The molecule has 4 aromatic rings. The minimum Gasteiger partial charge on any atom is -0.349 e. The average molecular weight is 534 g/mol. The van der Waals surface area contributed by atoms with Crippen molar-refractivity contribution in [2.45, 2.75) is 56.7 Å². The summed E-state index contributed by atoms with van der Waals surface area (Å²) in [6, 6.07) is 10.0. The predicted molar refractivity (Wildman–Crippen MR) is 146 cm³/mol. The first-order valence-electron chi connectivity index (χ1n) is 13.1. The van der Waals surface area contributed by atoms with Gasteiger partial charge in [-0.1, -0.05) is 18.2 Å². The molecule has 196 valence electrons. The molecule has 1 N–H and O–H groups in total. The Balaban J connectivity index is 1.26. The van der Waals surface area contributed by atoms with Crippen LogP contribution in [0, 0.1) is 5.82 Å². The molecule has 1 aromatic carbocycles. The smallest absolute Gasteiger partial charge is 0.333 e. The second kappa shape index (κ2) is 10.3. The van der Waals surface area contributed by atoms with Gasteiger partial charge in [0.25, 0.3) is 11.5 Å². The lowest BCUT2D eigenvalue weighted by atomic mass is 9.90. The maximum atomic E-state index is 14.1. The Morgan fingerprint density at radius 3 is 2.47 bits per heavy atom. The van der Waals surface area contributed by atoms with Crippen LogP contribution in [0.1, 0.15) is 61.0 Å². The lowest BCUT2D eigenvalue weighted by molar-refractivity contribution is 0.0923. The predicted octanol–water partition coefficient (Wildman–Crippen LogP) is 4.23. The lowest BCUT2D eigenvalue weighted by Gasteiger charge is -2.31. The number of hydrogen-bond acceptors (Lipinski definition) is 6. The number of rotatable bonds is 4. The molecule has 1 saturated carbocycles. The first kappa shape index (κ1) is 24.8. The molecule has 1 aliphatic carbocycles. The summed E-state index contributed by atoms with van der Waals surface area (Å²) in [7, 11) is 0. The van der Waals surface area contributed by atoms with Crippen molar-refractivity contribution in [2.24, 2.45) is 0 Å². The van der Waals surface area contributed by atoms with E-state index in [2.05, 4.69) is 15.3 Å². The highest BCUT2D eigenvalue weighted by atomic mass is 32.2. The average Bonchev–Trinajstić information content (AvgIpc) is 2.94. The third-order valence-electron chi connectivity index (χ3n) is 7.75. The van der Waals surface area contributed by atoms with Crippen LogP contribution in [-0.2, 0) is 0 Å². The second-order valence-corrected chi connectivity index (χ2v) is 11.3. The summed E-state index contributed by atoms with van der Waals surface area (Å²) in [5, 5.41) is 4.16. The van der Waals surface area contributed by atoms with E-state index in [1.807, 2.05) is 36.0 Å². The van der Waals surface area contributed by atoms with E-state index in [-0.39, 0.29) is 40.8 Å². The van der Waals surface area contributed by atoms with E-state index >= 15 is 0 Å². The summed E-state index contributed by atoms with van der Waals surface area (Å²) < 4.78 is 17.1. The molecule has 1 amide bonds. The van der Waals surface area contributed by atoms with Crippen LogP contribution < -0.4 is 16.6 Å². The van der Waals surface area contributed by atoms with Crippen molar-refractivity contribution >= 4 is 39.6 Å². The fraction of sp³-hybridized carbons (Fsp3) is 0.393. The number of aromatic nitrogens is 4. The van der Waals surface area contributed by atoms with Gasteiger partial charge in [0, 0.05) is 29.7 Å². The van der Waals surface area contributed by atoms with Gasteiger partial charge in [-0.15, -0.1) is 0 Å². The van der Waals surface area contributed by atoms with Gasteiger partial charge in [0.2, 0.25) is 0 Å². The molecule has 8 nitrogen and oxygen atoms in total. The molecule has 0 radical (unpaired) electrons. The van der Waals surface area contributed by atoms with Crippen LogP contribution >= 0.6 is 11.8 Å². The van der Waals surface area contributed by atoms with Crippen molar-refractivity contribution in [3.8, 4) is 0 Å². The van der Waals surface area contributed by atoms with E-state index in [4.69, 9.17) is 0 Å². The molecule has 10 heteroatoms. The molecule has 3 aromatic heterocycles.